The number of fused-ring (bicyclic) bond motifs is 1. The Balaban J connectivity index is 1.44. The molecule has 0 radical (unpaired) electrons. The normalized spacial score (nSPS) is 20.0. The Hall–Kier alpha value is -2.27. The third kappa shape index (κ3) is 3.17. The van der Waals surface area contributed by atoms with Crippen LogP contribution < -0.4 is 5.32 Å². The lowest BCUT2D eigenvalue weighted by molar-refractivity contribution is -0.131. The third-order valence-corrected chi connectivity index (χ3v) is 4.88. The van der Waals surface area contributed by atoms with Gasteiger partial charge < -0.3 is 10.2 Å². The minimum atomic E-state index is 0.174. The molecule has 1 fully saturated rings. The molecule has 5 heteroatoms. The van der Waals surface area contributed by atoms with Crippen molar-refractivity contribution in [3.05, 3.63) is 59.2 Å². The summed E-state index contributed by atoms with van der Waals surface area (Å²) in [5.41, 5.74) is 3.26. The van der Waals surface area contributed by atoms with Crippen LogP contribution in [0, 0.1) is 0 Å². The Morgan fingerprint density at radius 1 is 1.29 bits per heavy atom. The van der Waals surface area contributed by atoms with Crippen molar-refractivity contribution in [2.24, 2.45) is 0 Å². The van der Waals surface area contributed by atoms with Gasteiger partial charge in [-0.05, 0) is 24.9 Å². The maximum atomic E-state index is 12.5. The van der Waals surface area contributed by atoms with Gasteiger partial charge in [-0.1, -0.05) is 30.3 Å². The molecule has 4 rings (SSSR count). The van der Waals surface area contributed by atoms with E-state index in [0.717, 1.165) is 48.6 Å². The maximum Gasteiger partial charge on any atom is 0.227 e. The van der Waals surface area contributed by atoms with Gasteiger partial charge in [0, 0.05) is 31.3 Å². The Labute approximate surface area is 142 Å². The second-order valence-electron chi connectivity index (χ2n) is 6.58. The van der Waals surface area contributed by atoms with Crippen LogP contribution in [0.4, 0.5) is 0 Å². The number of aromatic nitrogens is 2. The zero-order valence-electron chi connectivity index (χ0n) is 13.7. The Morgan fingerprint density at radius 3 is 2.96 bits per heavy atom. The van der Waals surface area contributed by atoms with E-state index in [1.807, 2.05) is 41.4 Å². The molecular formula is C19H22N4O. The van der Waals surface area contributed by atoms with Gasteiger partial charge in [-0.25, -0.2) is 9.97 Å². The smallest absolute Gasteiger partial charge is 0.227 e. The zero-order chi connectivity index (χ0) is 16.4. The molecule has 124 valence electrons. The number of amides is 1. The third-order valence-electron chi connectivity index (χ3n) is 4.88. The van der Waals surface area contributed by atoms with E-state index in [4.69, 9.17) is 4.98 Å². The van der Waals surface area contributed by atoms with Crippen molar-refractivity contribution in [1.29, 1.82) is 0 Å². The Bertz CT molecular complexity index is 725. The number of nitrogens with one attached hydrogen (secondary N) is 1. The summed E-state index contributed by atoms with van der Waals surface area (Å²) >= 11 is 0. The molecule has 1 atom stereocenters. The molecule has 0 spiro atoms. The van der Waals surface area contributed by atoms with Crippen molar-refractivity contribution < 1.29 is 4.79 Å². The lowest BCUT2D eigenvalue weighted by Crippen LogP contribution is -2.37. The van der Waals surface area contributed by atoms with E-state index >= 15 is 0 Å². The van der Waals surface area contributed by atoms with Gasteiger partial charge >= 0.3 is 0 Å². The van der Waals surface area contributed by atoms with Crippen molar-refractivity contribution in [2.75, 3.05) is 13.1 Å². The topological polar surface area (TPSA) is 58.1 Å². The first kappa shape index (κ1) is 15.3. The lowest BCUT2D eigenvalue weighted by atomic mass is 10.0. The van der Waals surface area contributed by atoms with Crippen LogP contribution >= 0.6 is 0 Å². The summed E-state index contributed by atoms with van der Waals surface area (Å²) in [4.78, 5) is 23.8. The molecule has 0 bridgehead atoms. The van der Waals surface area contributed by atoms with E-state index in [1.54, 1.807) is 0 Å². The van der Waals surface area contributed by atoms with Crippen LogP contribution in [0.5, 0.6) is 0 Å². The number of hydrogen-bond acceptors (Lipinski definition) is 4. The molecule has 1 amide bonds. The van der Waals surface area contributed by atoms with E-state index in [-0.39, 0.29) is 5.91 Å². The van der Waals surface area contributed by atoms with Crippen molar-refractivity contribution in [1.82, 2.24) is 20.2 Å². The number of carbonyl (C=O) groups excluding carboxylic acids is 1. The lowest BCUT2D eigenvalue weighted by Gasteiger charge is -2.28. The highest BCUT2D eigenvalue weighted by Gasteiger charge is 2.25. The van der Waals surface area contributed by atoms with Gasteiger partial charge in [0.2, 0.25) is 5.91 Å². The molecule has 2 aromatic rings. The van der Waals surface area contributed by atoms with Crippen molar-refractivity contribution in [2.45, 2.75) is 38.3 Å². The molecule has 1 saturated heterocycles. The van der Waals surface area contributed by atoms with E-state index in [2.05, 4.69) is 10.3 Å². The van der Waals surface area contributed by atoms with Crippen LogP contribution in [0.15, 0.2) is 36.5 Å². The van der Waals surface area contributed by atoms with Gasteiger partial charge in [0.1, 0.15) is 5.82 Å². The Morgan fingerprint density at radius 2 is 2.17 bits per heavy atom. The fourth-order valence-electron chi connectivity index (χ4n) is 3.50. The monoisotopic (exact) mass is 322 g/mol. The average molecular weight is 322 g/mol. The van der Waals surface area contributed by atoms with Crippen molar-refractivity contribution in [3.63, 3.8) is 0 Å². The largest absolute Gasteiger partial charge is 0.338 e. The van der Waals surface area contributed by atoms with Gasteiger partial charge in [-0.3, -0.25) is 4.79 Å². The number of hydrogen-bond donors (Lipinski definition) is 1. The quantitative estimate of drug-likeness (QED) is 0.939. The molecule has 3 heterocycles. The number of nitrogens with zero attached hydrogens (tertiary/aromatic N) is 3. The predicted octanol–water partition coefficient (Wildman–Crippen LogP) is 2.03. The predicted molar refractivity (Wildman–Crippen MR) is 91.3 cm³/mol. The highest BCUT2D eigenvalue weighted by atomic mass is 16.2. The van der Waals surface area contributed by atoms with Gasteiger partial charge in [0.05, 0.1) is 18.2 Å². The minimum Gasteiger partial charge on any atom is -0.338 e. The summed E-state index contributed by atoms with van der Waals surface area (Å²) in [5, 5.41) is 3.44. The standard InChI is InChI=1S/C19H22N4O/c24-18(11-14-5-2-1-3-6-14)23-10-8-16-15(13-23)12-21-19(22-16)17-7-4-9-20-17/h1-3,5-6,12,17,20H,4,7-11,13H2/t17-/m1/s1. The first-order valence-electron chi connectivity index (χ1n) is 8.69. The average Bonchev–Trinajstić information content (AvgIpc) is 3.16. The molecule has 1 N–H and O–H groups in total. The van der Waals surface area contributed by atoms with E-state index in [9.17, 15) is 4.79 Å². The molecule has 0 aliphatic carbocycles. The molecule has 1 aromatic heterocycles. The van der Waals surface area contributed by atoms with Crippen LogP contribution in [0.1, 0.15) is 41.5 Å². The summed E-state index contributed by atoms with van der Waals surface area (Å²) in [7, 11) is 0. The van der Waals surface area contributed by atoms with Crippen LogP contribution in [0.25, 0.3) is 0 Å². The van der Waals surface area contributed by atoms with E-state index in [1.165, 1.54) is 6.42 Å². The fraction of sp³-hybridized carbons (Fsp3) is 0.421. The second kappa shape index (κ2) is 6.69. The number of rotatable bonds is 3. The van der Waals surface area contributed by atoms with Gasteiger partial charge in [0.15, 0.2) is 0 Å². The van der Waals surface area contributed by atoms with Crippen LogP contribution in [0.3, 0.4) is 0 Å². The SMILES string of the molecule is O=C(Cc1ccccc1)N1CCc2nc([C@H]3CCCN3)ncc2C1. The summed E-state index contributed by atoms with van der Waals surface area (Å²) in [6.07, 6.45) is 5.49. The summed E-state index contributed by atoms with van der Waals surface area (Å²) in [6, 6.07) is 10.2. The zero-order valence-corrected chi connectivity index (χ0v) is 13.7. The molecule has 2 aliphatic heterocycles. The summed E-state index contributed by atoms with van der Waals surface area (Å²) < 4.78 is 0. The molecule has 1 aromatic carbocycles. The van der Waals surface area contributed by atoms with E-state index in [0.29, 0.717) is 19.0 Å². The molecular weight excluding hydrogens is 300 g/mol. The van der Waals surface area contributed by atoms with Crippen molar-refractivity contribution >= 4 is 5.91 Å². The van der Waals surface area contributed by atoms with Gasteiger partial charge in [-0.2, -0.15) is 0 Å². The Kier molecular flexibility index (Phi) is 4.26. The molecule has 2 aliphatic rings. The van der Waals surface area contributed by atoms with Crippen LogP contribution in [-0.2, 0) is 24.2 Å². The van der Waals surface area contributed by atoms with Gasteiger partial charge in [0.25, 0.3) is 0 Å². The summed E-state index contributed by atoms with van der Waals surface area (Å²) in [5.74, 6) is 1.09. The van der Waals surface area contributed by atoms with Crippen LogP contribution in [-0.4, -0.2) is 33.9 Å². The fourth-order valence-corrected chi connectivity index (χ4v) is 3.50. The number of carbonyl (C=O) groups is 1. The molecule has 0 saturated carbocycles. The number of benzene rings is 1. The van der Waals surface area contributed by atoms with Crippen molar-refractivity contribution in [3.8, 4) is 0 Å². The van der Waals surface area contributed by atoms with Gasteiger partial charge in [-0.15, -0.1) is 0 Å². The highest BCUT2D eigenvalue weighted by molar-refractivity contribution is 5.79. The summed E-state index contributed by atoms with van der Waals surface area (Å²) in [6.45, 7) is 2.42. The van der Waals surface area contributed by atoms with Crippen LogP contribution in [0.2, 0.25) is 0 Å². The molecule has 24 heavy (non-hydrogen) atoms. The molecule has 5 nitrogen and oxygen atoms in total. The maximum absolute atomic E-state index is 12.5. The van der Waals surface area contributed by atoms with E-state index < -0.39 is 0 Å². The second-order valence-corrected chi connectivity index (χ2v) is 6.58. The molecule has 0 unspecified atom stereocenters. The minimum absolute atomic E-state index is 0.174. The first-order chi connectivity index (χ1) is 11.8. The highest BCUT2D eigenvalue weighted by Crippen LogP contribution is 2.23. The first-order valence-corrected chi connectivity index (χ1v) is 8.69.